The Bertz CT molecular complexity index is 1030. The summed E-state index contributed by atoms with van der Waals surface area (Å²) in [6.45, 7) is 4.78. The zero-order valence-corrected chi connectivity index (χ0v) is 17.5. The fourth-order valence-corrected chi connectivity index (χ4v) is 3.38. The van der Waals surface area contributed by atoms with Gasteiger partial charge in [0.1, 0.15) is 0 Å². The van der Waals surface area contributed by atoms with Crippen molar-refractivity contribution in [3.63, 3.8) is 0 Å². The van der Waals surface area contributed by atoms with Crippen molar-refractivity contribution in [1.29, 1.82) is 0 Å². The zero-order valence-electron chi connectivity index (χ0n) is 15.9. The van der Waals surface area contributed by atoms with E-state index < -0.39 is 5.91 Å². The number of carbonyl (C=O) groups is 1. The van der Waals surface area contributed by atoms with Crippen molar-refractivity contribution in [2.75, 3.05) is 11.9 Å². The summed E-state index contributed by atoms with van der Waals surface area (Å²) >= 11 is 3.45. The lowest BCUT2D eigenvalue weighted by Crippen LogP contribution is -2.11. The number of carbonyl (C=O) groups excluding carboxylic acids is 1. The average molecular weight is 443 g/mol. The summed E-state index contributed by atoms with van der Waals surface area (Å²) < 4.78 is 2.69. The van der Waals surface area contributed by atoms with Gasteiger partial charge in [0.25, 0.3) is 5.91 Å². The number of halogens is 1. The van der Waals surface area contributed by atoms with Crippen LogP contribution in [0.3, 0.4) is 0 Å². The Morgan fingerprint density at radius 1 is 1.25 bits per heavy atom. The van der Waals surface area contributed by atoms with Gasteiger partial charge in [-0.3, -0.25) is 4.79 Å². The number of benzene rings is 2. The maximum Gasteiger partial charge on any atom is 0.283 e. The number of azo groups is 1. The summed E-state index contributed by atoms with van der Waals surface area (Å²) in [4.78, 5) is 12.2. The molecule has 1 amide bonds. The van der Waals surface area contributed by atoms with Crippen LogP contribution in [0.5, 0.6) is 5.88 Å². The van der Waals surface area contributed by atoms with Crippen LogP contribution in [0.15, 0.2) is 57.2 Å². The zero-order chi connectivity index (χ0) is 20.1. The monoisotopic (exact) mass is 442 g/mol. The number of fused-ring (bicyclic) bond motifs is 1. The van der Waals surface area contributed by atoms with Crippen LogP contribution < -0.4 is 5.32 Å². The number of hydrogen-bond acceptors (Lipinski definition) is 4. The number of unbranched alkanes of at least 4 members (excludes halogenated alkanes) is 1. The number of aromatic hydroxyl groups is 1. The highest BCUT2D eigenvalue weighted by molar-refractivity contribution is 9.10. The Hall–Kier alpha value is -2.67. The van der Waals surface area contributed by atoms with Gasteiger partial charge in [0.2, 0.25) is 5.88 Å². The van der Waals surface area contributed by atoms with Gasteiger partial charge in [-0.05, 0) is 43.2 Å². The molecule has 0 unspecified atom stereocenters. The smallest absolute Gasteiger partial charge is 0.283 e. The fraction of sp³-hybridized carbons (Fsp3) is 0.286. The summed E-state index contributed by atoms with van der Waals surface area (Å²) in [6.07, 6.45) is 1.94. The molecule has 0 aliphatic rings. The molecule has 1 aromatic heterocycles. The van der Waals surface area contributed by atoms with E-state index in [1.165, 1.54) is 0 Å². The molecule has 146 valence electrons. The molecule has 0 spiro atoms. The molecule has 0 bridgehead atoms. The van der Waals surface area contributed by atoms with Crippen molar-refractivity contribution in [2.24, 2.45) is 10.2 Å². The minimum atomic E-state index is -0.410. The van der Waals surface area contributed by atoms with Gasteiger partial charge in [-0.2, -0.15) is 0 Å². The van der Waals surface area contributed by atoms with E-state index in [-0.39, 0.29) is 12.4 Å². The van der Waals surface area contributed by atoms with E-state index in [2.05, 4.69) is 38.4 Å². The molecule has 7 heteroatoms. The first-order valence-electron chi connectivity index (χ1n) is 9.26. The lowest BCUT2D eigenvalue weighted by molar-refractivity contribution is -0.116. The van der Waals surface area contributed by atoms with Crippen molar-refractivity contribution in [1.82, 2.24) is 4.57 Å². The first-order valence-corrected chi connectivity index (χ1v) is 10.0. The molecule has 0 aliphatic carbocycles. The number of nitrogens with zero attached hydrogens (tertiary/aromatic N) is 3. The van der Waals surface area contributed by atoms with Gasteiger partial charge < -0.3 is 15.0 Å². The first kappa shape index (κ1) is 20.1. The van der Waals surface area contributed by atoms with Crippen molar-refractivity contribution in [3.05, 3.63) is 52.5 Å². The largest absolute Gasteiger partial charge is 0.493 e. The molecule has 6 nitrogen and oxygen atoms in total. The van der Waals surface area contributed by atoms with Crippen LogP contribution in [0.1, 0.15) is 25.3 Å². The molecule has 0 radical (unpaired) electrons. The van der Waals surface area contributed by atoms with Gasteiger partial charge >= 0.3 is 0 Å². The van der Waals surface area contributed by atoms with Crippen LogP contribution in [-0.2, 0) is 11.3 Å². The Morgan fingerprint density at radius 3 is 2.79 bits per heavy atom. The van der Waals surface area contributed by atoms with Gasteiger partial charge in [0.15, 0.2) is 5.69 Å². The minimum absolute atomic E-state index is 0.0324. The van der Waals surface area contributed by atoms with E-state index in [0.717, 1.165) is 39.5 Å². The van der Waals surface area contributed by atoms with Crippen molar-refractivity contribution >= 4 is 44.1 Å². The highest BCUT2D eigenvalue weighted by Gasteiger charge is 2.17. The Kier molecular flexibility index (Phi) is 6.46. The summed E-state index contributed by atoms with van der Waals surface area (Å²) in [6, 6.07) is 13.4. The lowest BCUT2D eigenvalue weighted by atomic mass is 10.2. The van der Waals surface area contributed by atoms with Gasteiger partial charge in [0.05, 0.1) is 12.1 Å². The van der Waals surface area contributed by atoms with E-state index in [1.54, 1.807) is 0 Å². The van der Waals surface area contributed by atoms with Crippen molar-refractivity contribution in [2.45, 2.75) is 33.2 Å². The van der Waals surface area contributed by atoms with E-state index in [9.17, 15) is 9.90 Å². The lowest BCUT2D eigenvalue weighted by Gasteiger charge is -2.06. The molecule has 1 heterocycles. The Labute approximate surface area is 172 Å². The maximum atomic E-state index is 12.2. The number of amides is 1. The van der Waals surface area contributed by atoms with Gasteiger partial charge in [0, 0.05) is 22.1 Å². The van der Waals surface area contributed by atoms with E-state index in [0.29, 0.717) is 12.2 Å². The van der Waals surface area contributed by atoms with Crippen LogP contribution in [0.2, 0.25) is 0 Å². The SMILES string of the molecule is CCCCn1c(O)c(N=NC(=O)CNc2ccccc2C)c2cc(Br)ccc21. The van der Waals surface area contributed by atoms with Crippen LogP contribution >= 0.6 is 15.9 Å². The Balaban J connectivity index is 1.82. The number of rotatable bonds is 7. The molecular formula is C21H23BrN4O2. The molecule has 0 saturated heterocycles. The van der Waals surface area contributed by atoms with Gasteiger partial charge in [-0.15, -0.1) is 10.2 Å². The highest BCUT2D eigenvalue weighted by atomic mass is 79.9. The number of nitrogens with one attached hydrogen (secondary N) is 1. The number of aryl methyl sites for hydroxylation is 2. The van der Waals surface area contributed by atoms with Gasteiger partial charge in [-0.25, -0.2) is 0 Å². The Morgan fingerprint density at radius 2 is 2.04 bits per heavy atom. The van der Waals surface area contributed by atoms with E-state index >= 15 is 0 Å². The number of aromatic nitrogens is 1. The number of para-hydroxylation sites is 1. The molecule has 3 aromatic rings. The molecule has 0 saturated carbocycles. The first-order chi connectivity index (χ1) is 13.5. The van der Waals surface area contributed by atoms with E-state index in [4.69, 9.17) is 0 Å². The normalized spacial score (nSPS) is 11.4. The second-order valence-electron chi connectivity index (χ2n) is 6.60. The molecule has 0 atom stereocenters. The average Bonchev–Trinajstić information content (AvgIpc) is 2.94. The van der Waals surface area contributed by atoms with Gasteiger partial charge in [-0.1, -0.05) is 47.5 Å². The quantitative estimate of drug-likeness (QED) is 0.444. The number of anilines is 1. The summed E-state index contributed by atoms with van der Waals surface area (Å²) in [5.41, 5.74) is 3.12. The van der Waals surface area contributed by atoms with Crippen LogP contribution in [0, 0.1) is 6.92 Å². The maximum absolute atomic E-state index is 12.2. The predicted octanol–water partition coefficient (Wildman–Crippen LogP) is 5.94. The standard InChI is InChI=1S/C21H23BrN4O2/c1-3-4-11-26-18-10-9-15(22)12-16(18)20(21(26)28)25-24-19(27)13-23-17-8-6-5-7-14(17)2/h5-10,12,23,28H,3-4,11,13H2,1-2H3. The second-order valence-corrected chi connectivity index (χ2v) is 7.52. The van der Waals surface area contributed by atoms with Crippen LogP contribution in [0.4, 0.5) is 11.4 Å². The topological polar surface area (TPSA) is 79.0 Å². The minimum Gasteiger partial charge on any atom is -0.493 e. The summed E-state index contributed by atoms with van der Waals surface area (Å²) in [5.74, 6) is -0.378. The summed E-state index contributed by atoms with van der Waals surface area (Å²) in [7, 11) is 0. The van der Waals surface area contributed by atoms with Crippen LogP contribution in [0.25, 0.3) is 10.9 Å². The molecule has 0 aliphatic heterocycles. The molecular weight excluding hydrogens is 420 g/mol. The molecule has 3 rings (SSSR count). The molecule has 2 aromatic carbocycles. The van der Waals surface area contributed by atoms with Crippen molar-refractivity contribution in [3.8, 4) is 5.88 Å². The number of hydrogen-bond donors (Lipinski definition) is 2. The highest BCUT2D eigenvalue weighted by Crippen LogP contribution is 2.40. The fourth-order valence-electron chi connectivity index (χ4n) is 3.02. The van der Waals surface area contributed by atoms with Crippen LogP contribution in [-0.4, -0.2) is 22.1 Å². The van der Waals surface area contributed by atoms with Crippen molar-refractivity contribution < 1.29 is 9.90 Å². The third-order valence-corrected chi connectivity index (χ3v) is 5.04. The third kappa shape index (κ3) is 4.42. The summed E-state index contributed by atoms with van der Waals surface area (Å²) in [5, 5.41) is 22.4. The van der Waals surface area contributed by atoms with E-state index in [1.807, 2.05) is 54.0 Å². The molecule has 0 fully saturated rings. The molecule has 28 heavy (non-hydrogen) atoms. The second kappa shape index (κ2) is 9.01. The predicted molar refractivity (Wildman–Crippen MR) is 115 cm³/mol. The molecule has 2 N–H and O–H groups in total. The third-order valence-electron chi connectivity index (χ3n) is 4.54.